The number of rotatable bonds is 3. The number of pyridine rings is 1. The minimum Gasteiger partial charge on any atom is -0.322 e. The molecule has 0 aliphatic rings. The Balaban J connectivity index is 1.64. The molecule has 0 atom stereocenters. The predicted octanol–water partition coefficient (Wildman–Crippen LogP) is 5.41. The van der Waals surface area contributed by atoms with Crippen LogP contribution >= 0.6 is 11.6 Å². The molecule has 1 heterocycles. The van der Waals surface area contributed by atoms with Gasteiger partial charge in [-0.15, -0.1) is 0 Å². The zero-order chi connectivity index (χ0) is 19.7. The highest BCUT2D eigenvalue weighted by Crippen LogP contribution is 2.24. The van der Waals surface area contributed by atoms with Crippen molar-refractivity contribution in [3.05, 3.63) is 99.3 Å². The van der Waals surface area contributed by atoms with Crippen LogP contribution in [0.4, 0.5) is 5.69 Å². The number of nitrogens with one attached hydrogen (secondary N) is 2. The van der Waals surface area contributed by atoms with E-state index >= 15 is 0 Å². The number of hydrogen-bond donors (Lipinski definition) is 2. The van der Waals surface area contributed by atoms with E-state index in [-0.39, 0.29) is 5.56 Å². The number of fused-ring (bicyclic) bond motifs is 1. The Morgan fingerprint density at radius 3 is 2.50 bits per heavy atom. The first-order chi connectivity index (χ1) is 13.5. The summed E-state index contributed by atoms with van der Waals surface area (Å²) in [5.41, 5.74) is 2.48. The van der Waals surface area contributed by atoms with Crippen molar-refractivity contribution in [3.63, 3.8) is 0 Å². The first-order valence-electron chi connectivity index (χ1n) is 8.82. The first kappa shape index (κ1) is 18.0. The summed E-state index contributed by atoms with van der Waals surface area (Å²) in [6.45, 7) is 1.81. The molecular weight excluding hydrogens is 372 g/mol. The minimum atomic E-state index is -0.475. The van der Waals surface area contributed by atoms with Gasteiger partial charge in [0.25, 0.3) is 11.5 Å². The summed E-state index contributed by atoms with van der Waals surface area (Å²) >= 11 is 6.09. The third-order valence-corrected chi connectivity index (χ3v) is 5.14. The van der Waals surface area contributed by atoms with Crippen LogP contribution in [0.15, 0.2) is 77.6 Å². The van der Waals surface area contributed by atoms with Crippen LogP contribution in [-0.4, -0.2) is 10.9 Å². The lowest BCUT2D eigenvalue weighted by atomic mass is 10.0. The van der Waals surface area contributed by atoms with E-state index in [0.717, 1.165) is 21.9 Å². The number of hydrogen-bond acceptors (Lipinski definition) is 2. The molecule has 4 rings (SSSR count). The number of amides is 1. The molecule has 28 heavy (non-hydrogen) atoms. The molecule has 0 aliphatic carbocycles. The number of H-pyrrole nitrogens is 1. The van der Waals surface area contributed by atoms with Crippen molar-refractivity contribution in [2.75, 3.05) is 5.32 Å². The Labute approximate surface area is 166 Å². The lowest BCUT2D eigenvalue weighted by Gasteiger charge is -2.10. The molecule has 0 fully saturated rings. The van der Waals surface area contributed by atoms with Gasteiger partial charge in [0.05, 0.1) is 0 Å². The fraction of sp³-hybridized carbons (Fsp3) is 0.0435. The molecule has 0 unspecified atom stereocenters. The lowest BCUT2D eigenvalue weighted by Crippen LogP contribution is -2.23. The van der Waals surface area contributed by atoms with E-state index in [9.17, 15) is 9.59 Å². The Morgan fingerprint density at radius 2 is 1.71 bits per heavy atom. The van der Waals surface area contributed by atoms with Gasteiger partial charge >= 0.3 is 0 Å². The Morgan fingerprint density at radius 1 is 0.929 bits per heavy atom. The molecular formula is C23H17ClN2O2. The normalized spacial score (nSPS) is 10.8. The van der Waals surface area contributed by atoms with E-state index in [4.69, 9.17) is 11.6 Å². The van der Waals surface area contributed by atoms with Gasteiger partial charge in [0.2, 0.25) is 0 Å². The van der Waals surface area contributed by atoms with Gasteiger partial charge in [-0.2, -0.15) is 0 Å². The van der Waals surface area contributed by atoms with Gasteiger partial charge in [0.15, 0.2) is 0 Å². The van der Waals surface area contributed by atoms with Gasteiger partial charge in [-0.25, -0.2) is 0 Å². The summed E-state index contributed by atoms with van der Waals surface area (Å²) in [5, 5.41) is 5.51. The molecule has 2 N–H and O–H groups in total. The number of benzene rings is 3. The molecule has 0 radical (unpaired) electrons. The second-order valence-corrected chi connectivity index (χ2v) is 6.95. The molecule has 138 valence electrons. The van der Waals surface area contributed by atoms with Crippen molar-refractivity contribution in [1.29, 1.82) is 0 Å². The molecule has 0 bridgehead atoms. The van der Waals surface area contributed by atoms with Crippen LogP contribution in [0.2, 0.25) is 5.02 Å². The van der Waals surface area contributed by atoms with Crippen LogP contribution in [0.1, 0.15) is 15.9 Å². The van der Waals surface area contributed by atoms with Crippen molar-refractivity contribution in [2.45, 2.75) is 6.92 Å². The second kappa shape index (κ2) is 7.33. The maximum Gasteiger partial charge on any atom is 0.261 e. The van der Waals surface area contributed by atoms with Gasteiger partial charge in [-0.05, 0) is 59.2 Å². The fourth-order valence-corrected chi connectivity index (χ4v) is 3.28. The van der Waals surface area contributed by atoms with Gasteiger partial charge in [-0.1, -0.05) is 54.1 Å². The monoisotopic (exact) mass is 388 g/mol. The number of carbonyl (C=O) groups is 1. The zero-order valence-corrected chi connectivity index (χ0v) is 15.9. The highest BCUT2D eigenvalue weighted by atomic mass is 35.5. The number of halogens is 1. The highest BCUT2D eigenvalue weighted by Gasteiger charge is 2.13. The molecule has 4 aromatic rings. The average molecular weight is 389 g/mol. The Bertz CT molecular complexity index is 1260. The van der Waals surface area contributed by atoms with Gasteiger partial charge < -0.3 is 10.3 Å². The van der Waals surface area contributed by atoms with E-state index in [1.807, 2.05) is 49.4 Å². The molecule has 0 saturated heterocycles. The number of aromatic amines is 1. The maximum absolute atomic E-state index is 12.5. The Hall–Kier alpha value is -3.37. The van der Waals surface area contributed by atoms with E-state index in [0.29, 0.717) is 16.4 Å². The first-order valence-corrected chi connectivity index (χ1v) is 9.20. The van der Waals surface area contributed by atoms with E-state index < -0.39 is 11.5 Å². The van der Waals surface area contributed by atoms with Crippen molar-refractivity contribution in [3.8, 4) is 11.3 Å². The lowest BCUT2D eigenvalue weighted by molar-refractivity contribution is 0.102. The third-order valence-electron chi connectivity index (χ3n) is 4.73. The highest BCUT2D eigenvalue weighted by molar-refractivity contribution is 6.31. The van der Waals surface area contributed by atoms with Crippen LogP contribution in [0.3, 0.4) is 0 Å². The molecule has 3 aromatic carbocycles. The molecule has 0 spiro atoms. The number of aromatic nitrogens is 1. The van der Waals surface area contributed by atoms with Crippen LogP contribution in [0.5, 0.6) is 0 Å². The summed E-state index contributed by atoms with van der Waals surface area (Å²) < 4.78 is 0. The zero-order valence-electron chi connectivity index (χ0n) is 15.1. The maximum atomic E-state index is 12.5. The standard InChI is InChI=1S/C23H17ClN2O2/c1-14-19(24)7-4-8-20(14)25-22(27)18-11-12-21(26-23(18)28)17-10-9-15-5-2-3-6-16(15)13-17/h2-13H,1H3,(H,25,27)(H,26,28). The third kappa shape index (κ3) is 3.42. The van der Waals surface area contributed by atoms with Crippen molar-refractivity contribution in [2.24, 2.45) is 0 Å². The predicted molar refractivity (Wildman–Crippen MR) is 114 cm³/mol. The molecule has 5 heteroatoms. The minimum absolute atomic E-state index is 0.0453. The summed E-state index contributed by atoms with van der Waals surface area (Å²) in [5.74, 6) is -0.475. The second-order valence-electron chi connectivity index (χ2n) is 6.54. The number of carbonyl (C=O) groups excluding carboxylic acids is 1. The summed E-state index contributed by atoms with van der Waals surface area (Å²) in [7, 11) is 0. The topological polar surface area (TPSA) is 62.0 Å². The summed E-state index contributed by atoms with van der Waals surface area (Å²) in [6, 6.07) is 22.5. The van der Waals surface area contributed by atoms with E-state index in [2.05, 4.69) is 10.3 Å². The van der Waals surface area contributed by atoms with Crippen molar-refractivity contribution < 1.29 is 4.79 Å². The van der Waals surface area contributed by atoms with Crippen LogP contribution < -0.4 is 10.9 Å². The Kier molecular flexibility index (Phi) is 4.72. The van der Waals surface area contributed by atoms with Crippen LogP contribution in [0.25, 0.3) is 22.0 Å². The largest absolute Gasteiger partial charge is 0.322 e. The molecule has 0 aliphatic heterocycles. The smallest absolute Gasteiger partial charge is 0.261 e. The van der Waals surface area contributed by atoms with Crippen molar-refractivity contribution in [1.82, 2.24) is 4.98 Å². The summed E-state index contributed by atoms with van der Waals surface area (Å²) in [4.78, 5) is 27.9. The van der Waals surface area contributed by atoms with E-state index in [1.54, 1.807) is 30.3 Å². The fourth-order valence-electron chi connectivity index (χ4n) is 3.11. The van der Waals surface area contributed by atoms with Crippen LogP contribution in [0, 0.1) is 6.92 Å². The molecule has 0 saturated carbocycles. The van der Waals surface area contributed by atoms with Crippen molar-refractivity contribution >= 4 is 34.0 Å². The molecule has 1 amide bonds. The van der Waals surface area contributed by atoms with Gasteiger partial charge in [0, 0.05) is 16.4 Å². The average Bonchev–Trinajstić information content (AvgIpc) is 2.71. The molecule has 4 nitrogen and oxygen atoms in total. The summed E-state index contributed by atoms with van der Waals surface area (Å²) in [6.07, 6.45) is 0. The number of anilines is 1. The van der Waals surface area contributed by atoms with Crippen LogP contribution in [-0.2, 0) is 0 Å². The van der Waals surface area contributed by atoms with Gasteiger partial charge in [-0.3, -0.25) is 9.59 Å². The molecule has 1 aromatic heterocycles. The van der Waals surface area contributed by atoms with E-state index in [1.165, 1.54) is 0 Å². The SMILES string of the molecule is Cc1c(Cl)cccc1NC(=O)c1ccc(-c2ccc3ccccc3c2)[nH]c1=O. The van der Waals surface area contributed by atoms with Gasteiger partial charge in [0.1, 0.15) is 5.56 Å². The quantitative estimate of drug-likeness (QED) is 0.493.